The summed E-state index contributed by atoms with van der Waals surface area (Å²) in [6.07, 6.45) is -2.47. The molecule has 0 saturated heterocycles. The summed E-state index contributed by atoms with van der Waals surface area (Å²) in [6, 6.07) is 0.436. The van der Waals surface area contributed by atoms with Gasteiger partial charge in [0.05, 0.1) is 11.7 Å². The third-order valence-electron chi connectivity index (χ3n) is 2.82. The summed E-state index contributed by atoms with van der Waals surface area (Å²) in [5.41, 5.74) is -0.630. The average Bonchev–Trinajstić information content (AvgIpc) is 2.36. The molecule has 0 saturated carbocycles. The topological polar surface area (TPSA) is 55.2 Å². The first-order valence-corrected chi connectivity index (χ1v) is 6.13. The first-order valence-electron chi connectivity index (χ1n) is 6.13. The molecule has 1 aromatic rings. The van der Waals surface area contributed by atoms with Gasteiger partial charge in [-0.25, -0.2) is 4.98 Å². The third kappa shape index (κ3) is 3.92. The highest BCUT2D eigenvalue weighted by molar-refractivity contribution is 5.25. The van der Waals surface area contributed by atoms with Crippen LogP contribution in [0.1, 0.15) is 19.0 Å². The van der Waals surface area contributed by atoms with Crippen LogP contribution < -0.4 is 4.74 Å². The lowest BCUT2D eigenvalue weighted by Crippen LogP contribution is -2.24. The predicted molar refractivity (Wildman–Crippen MR) is 65.2 cm³/mol. The molecule has 1 aliphatic rings. The summed E-state index contributed by atoms with van der Waals surface area (Å²) in [6.45, 7) is 0.615. The number of hydrogen-bond donors (Lipinski definition) is 1. The van der Waals surface area contributed by atoms with Gasteiger partial charge in [-0.2, -0.15) is 26.9 Å². The van der Waals surface area contributed by atoms with Gasteiger partial charge in [-0.1, -0.05) is 0 Å². The summed E-state index contributed by atoms with van der Waals surface area (Å²) in [5, 5.41) is 9.35. The van der Waals surface area contributed by atoms with Crippen LogP contribution >= 0.6 is 0 Å². The van der Waals surface area contributed by atoms with Gasteiger partial charge in [0.1, 0.15) is 11.5 Å². The molecule has 0 aromatic carbocycles. The SMILES string of the molecule is CC(F)(F)c1ccnc(OC2=CC(C(F)(F)F)CC(O)=C2)n1. The fourth-order valence-electron chi connectivity index (χ4n) is 1.77. The molecule has 0 aliphatic heterocycles. The Bertz CT molecular complexity index is 620. The van der Waals surface area contributed by atoms with Crippen LogP contribution in [-0.2, 0) is 5.92 Å². The Morgan fingerprint density at radius 1 is 1.27 bits per heavy atom. The van der Waals surface area contributed by atoms with Gasteiger partial charge in [0.15, 0.2) is 0 Å². The van der Waals surface area contributed by atoms with E-state index >= 15 is 0 Å². The summed E-state index contributed by atoms with van der Waals surface area (Å²) in [5.74, 6) is -6.06. The fourth-order valence-corrected chi connectivity index (χ4v) is 1.77. The van der Waals surface area contributed by atoms with E-state index in [1.54, 1.807) is 0 Å². The van der Waals surface area contributed by atoms with Gasteiger partial charge >= 0.3 is 12.2 Å². The van der Waals surface area contributed by atoms with E-state index in [-0.39, 0.29) is 5.76 Å². The first-order chi connectivity index (χ1) is 10.1. The van der Waals surface area contributed by atoms with Crippen molar-refractivity contribution in [2.45, 2.75) is 25.4 Å². The largest absolute Gasteiger partial charge is 0.512 e. The molecular formula is C13H11F5N2O2. The molecule has 2 rings (SSSR count). The van der Waals surface area contributed by atoms with Gasteiger partial charge < -0.3 is 9.84 Å². The van der Waals surface area contributed by atoms with E-state index in [1.807, 2.05) is 0 Å². The Hall–Kier alpha value is -2.19. The number of aliphatic hydroxyl groups excluding tert-OH is 1. The van der Waals surface area contributed by atoms with E-state index in [2.05, 4.69) is 9.97 Å². The van der Waals surface area contributed by atoms with Crippen LogP contribution in [0.5, 0.6) is 6.01 Å². The molecule has 22 heavy (non-hydrogen) atoms. The number of hydrogen-bond acceptors (Lipinski definition) is 4. The zero-order chi connectivity index (χ0) is 16.5. The second-order valence-corrected chi connectivity index (χ2v) is 4.77. The quantitative estimate of drug-likeness (QED) is 0.858. The molecule has 0 spiro atoms. The van der Waals surface area contributed by atoms with E-state index in [0.29, 0.717) is 6.92 Å². The maximum Gasteiger partial charge on any atom is 0.395 e. The molecule has 0 fully saturated rings. The normalized spacial score (nSPS) is 19.5. The molecule has 1 atom stereocenters. The molecule has 1 heterocycles. The van der Waals surface area contributed by atoms with Crippen molar-refractivity contribution in [3.05, 3.63) is 41.6 Å². The average molecular weight is 322 g/mol. The molecule has 4 nitrogen and oxygen atoms in total. The van der Waals surface area contributed by atoms with Gasteiger partial charge in [0, 0.05) is 25.6 Å². The lowest BCUT2D eigenvalue weighted by Gasteiger charge is -2.21. The number of aliphatic hydroxyl groups is 1. The van der Waals surface area contributed by atoms with Gasteiger partial charge in [0.2, 0.25) is 0 Å². The highest BCUT2D eigenvalue weighted by Crippen LogP contribution is 2.35. The standard InChI is InChI=1S/C13H11F5N2O2/c1-12(14,15)10-2-3-19-11(20-10)22-9-5-7(13(16,17)18)4-8(21)6-9/h2-3,5-7,21H,4H2,1H3. The van der Waals surface area contributed by atoms with E-state index in [1.165, 1.54) is 0 Å². The van der Waals surface area contributed by atoms with Crippen LogP contribution in [0, 0.1) is 5.92 Å². The van der Waals surface area contributed by atoms with Crippen molar-refractivity contribution >= 4 is 0 Å². The van der Waals surface area contributed by atoms with E-state index < -0.39 is 41.9 Å². The van der Waals surface area contributed by atoms with Crippen LogP contribution in [0.4, 0.5) is 22.0 Å². The van der Waals surface area contributed by atoms with Crippen molar-refractivity contribution in [3.63, 3.8) is 0 Å². The smallest absolute Gasteiger partial charge is 0.395 e. The van der Waals surface area contributed by atoms with E-state index in [4.69, 9.17) is 4.74 Å². The highest BCUT2D eigenvalue weighted by Gasteiger charge is 2.40. The van der Waals surface area contributed by atoms with Gasteiger partial charge in [0.25, 0.3) is 5.92 Å². The Balaban J connectivity index is 2.24. The minimum absolute atomic E-state index is 0.359. The monoisotopic (exact) mass is 322 g/mol. The predicted octanol–water partition coefficient (Wildman–Crippen LogP) is 3.88. The highest BCUT2D eigenvalue weighted by atomic mass is 19.4. The molecule has 0 radical (unpaired) electrons. The number of allylic oxidation sites excluding steroid dienone is 3. The lowest BCUT2D eigenvalue weighted by molar-refractivity contribution is -0.163. The van der Waals surface area contributed by atoms with E-state index in [0.717, 1.165) is 24.4 Å². The number of alkyl halides is 5. The van der Waals surface area contributed by atoms with Gasteiger partial charge in [-0.05, 0) is 12.1 Å². The number of halogens is 5. The molecule has 9 heteroatoms. The first kappa shape index (κ1) is 16.2. The number of nitrogens with zero attached hydrogens (tertiary/aromatic N) is 2. The minimum atomic E-state index is -4.56. The molecule has 0 bridgehead atoms. The van der Waals surface area contributed by atoms with Gasteiger partial charge in [-0.3, -0.25) is 0 Å². The van der Waals surface area contributed by atoms with Crippen LogP contribution in [-0.4, -0.2) is 21.3 Å². The number of rotatable bonds is 3. The Kier molecular flexibility index (Phi) is 4.08. The number of ether oxygens (including phenoxy) is 1. The second kappa shape index (κ2) is 5.54. The Morgan fingerprint density at radius 2 is 1.95 bits per heavy atom. The van der Waals surface area contributed by atoms with Crippen LogP contribution in [0.3, 0.4) is 0 Å². The summed E-state index contributed by atoms with van der Waals surface area (Å²) in [4.78, 5) is 6.99. The lowest BCUT2D eigenvalue weighted by atomic mass is 9.98. The Labute approximate surface area is 122 Å². The van der Waals surface area contributed by atoms with Crippen LogP contribution in [0.2, 0.25) is 0 Å². The molecule has 1 aromatic heterocycles. The third-order valence-corrected chi connectivity index (χ3v) is 2.82. The maximum atomic E-state index is 13.1. The summed E-state index contributed by atoms with van der Waals surface area (Å²) in [7, 11) is 0. The van der Waals surface area contributed by atoms with Crippen molar-refractivity contribution in [1.29, 1.82) is 0 Å². The van der Waals surface area contributed by atoms with E-state index in [9.17, 15) is 27.1 Å². The minimum Gasteiger partial charge on any atom is -0.512 e. The molecule has 1 unspecified atom stereocenters. The number of aromatic nitrogens is 2. The fraction of sp³-hybridized carbons (Fsp3) is 0.385. The van der Waals surface area contributed by atoms with Crippen molar-refractivity contribution in [1.82, 2.24) is 9.97 Å². The van der Waals surface area contributed by atoms with Crippen molar-refractivity contribution in [2.24, 2.45) is 5.92 Å². The molecule has 120 valence electrons. The molecule has 0 amide bonds. The molecular weight excluding hydrogens is 311 g/mol. The summed E-state index contributed by atoms with van der Waals surface area (Å²) < 4.78 is 69.3. The van der Waals surface area contributed by atoms with Gasteiger partial charge in [-0.15, -0.1) is 0 Å². The molecule has 1 N–H and O–H groups in total. The van der Waals surface area contributed by atoms with Crippen LogP contribution in [0.25, 0.3) is 0 Å². The van der Waals surface area contributed by atoms with Crippen molar-refractivity contribution in [3.8, 4) is 6.01 Å². The zero-order valence-electron chi connectivity index (χ0n) is 11.2. The zero-order valence-corrected chi connectivity index (χ0v) is 11.2. The van der Waals surface area contributed by atoms with Crippen molar-refractivity contribution < 1.29 is 31.8 Å². The second-order valence-electron chi connectivity index (χ2n) is 4.77. The summed E-state index contributed by atoms with van der Waals surface area (Å²) >= 11 is 0. The maximum absolute atomic E-state index is 13.1. The van der Waals surface area contributed by atoms with Crippen LogP contribution in [0.15, 0.2) is 35.9 Å². The Morgan fingerprint density at radius 3 is 2.55 bits per heavy atom. The van der Waals surface area contributed by atoms with Crippen molar-refractivity contribution in [2.75, 3.05) is 0 Å². The molecule has 1 aliphatic carbocycles.